The second-order valence-corrected chi connectivity index (χ2v) is 13.9. The van der Waals surface area contributed by atoms with E-state index in [0.29, 0.717) is 0 Å². The van der Waals surface area contributed by atoms with E-state index in [1.807, 2.05) is 0 Å². The van der Waals surface area contributed by atoms with E-state index in [0.717, 1.165) is 0 Å². The third-order valence-electron chi connectivity index (χ3n) is 11.0. The molecule has 11 rings (SSSR count). The maximum atomic E-state index is 2.39. The predicted molar refractivity (Wildman–Crippen MR) is 220 cm³/mol. The molecule has 244 valence electrons. The highest BCUT2D eigenvalue weighted by atomic mass is 15.0. The van der Waals surface area contributed by atoms with Crippen molar-refractivity contribution in [1.82, 2.24) is 13.7 Å². The summed E-state index contributed by atoms with van der Waals surface area (Å²) in [7, 11) is 2.19. The highest BCUT2D eigenvalue weighted by Gasteiger charge is 2.17. The van der Waals surface area contributed by atoms with E-state index in [9.17, 15) is 0 Å². The molecule has 0 aliphatic rings. The van der Waals surface area contributed by atoms with Crippen LogP contribution in [0.15, 0.2) is 182 Å². The minimum Gasteiger partial charge on any atom is -0.344 e. The molecular formula is C49H33N3. The molecule has 0 amide bonds. The van der Waals surface area contributed by atoms with Crippen molar-refractivity contribution in [2.45, 2.75) is 0 Å². The molecule has 0 saturated carbocycles. The largest absolute Gasteiger partial charge is 0.344 e. The van der Waals surface area contributed by atoms with Crippen LogP contribution in [0.3, 0.4) is 0 Å². The first-order valence-electron chi connectivity index (χ1n) is 17.9. The summed E-state index contributed by atoms with van der Waals surface area (Å²) in [5.74, 6) is 0. The molecule has 3 heterocycles. The van der Waals surface area contributed by atoms with E-state index in [-0.39, 0.29) is 0 Å². The van der Waals surface area contributed by atoms with Crippen LogP contribution in [0, 0.1) is 0 Å². The fourth-order valence-electron chi connectivity index (χ4n) is 8.58. The summed E-state index contributed by atoms with van der Waals surface area (Å²) >= 11 is 0. The first-order chi connectivity index (χ1) is 25.7. The average molecular weight is 664 g/mol. The van der Waals surface area contributed by atoms with Gasteiger partial charge in [0.25, 0.3) is 0 Å². The van der Waals surface area contributed by atoms with Crippen molar-refractivity contribution in [2.24, 2.45) is 7.05 Å². The molecule has 0 unspecified atom stereocenters. The molecule has 52 heavy (non-hydrogen) atoms. The lowest BCUT2D eigenvalue weighted by Gasteiger charge is -2.09. The normalized spacial score (nSPS) is 11.9. The Morgan fingerprint density at radius 3 is 1.27 bits per heavy atom. The number of nitrogens with zero attached hydrogens (tertiary/aromatic N) is 3. The van der Waals surface area contributed by atoms with Crippen molar-refractivity contribution in [3.8, 4) is 33.6 Å². The lowest BCUT2D eigenvalue weighted by Crippen LogP contribution is -1.93. The Hall–Kier alpha value is -6.84. The molecule has 3 aromatic heterocycles. The summed E-state index contributed by atoms with van der Waals surface area (Å²) in [6.45, 7) is 0. The number of benzene rings is 8. The number of aromatic nitrogens is 3. The zero-order valence-electron chi connectivity index (χ0n) is 28.7. The van der Waals surface area contributed by atoms with E-state index in [1.54, 1.807) is 0 Å². The first-order valence-corrected chi connectivity index (χ1v) is 17.9. The lowest BCUT2D eigenvalue weighted by molar-refractivity contribution is 1.01. The van der Waals surface area contributed by atoms with E-state index in [1.165, 1.54) is 99.0 Å². The van der Waals surface area contributed by atoms with Crippen LogP contribution >= 0.6 is 0 Å². The molecule has 3 heteroatoms. The van der Waals surface area contributed by atoms with E-state index >= 15 is 0 Å². The van der Waals surface area contributed by atoms with E-state index in [2.05, 4.69) is 203 Å². The van der Waals surface area contributed by atoms with Crippen LogP contribution in [0.4, 0.5) is 0 Å². The number of aryl methyl sites for hydroxylation is 1. The van der Waals surface area contributed by atoms with Gasteiger partial charge in [-0.05, 0) is 95.1 Å². The van der Waals surface area contributed by atoms with Gasteiger partial charge in [-0.3, -0.25) is 0 Å². The van der Waals surface area contributed by atoms with E-state index < -0.39 is 0 Å². The van der Waals surface area contributed by atoms with Crippen LogP contribution in [0.25, 0.3) is 99.0 Å². The highest BCUT2D eigenvalue weighted by Crippen LogP contribution is 2.39. The molecule has 0 fully saturated rings. The summed E-state index contributed by atoms with van der Waals surface area (Å²) in [6.07, 6.45) is 0. The molecule has 0 spiro atoms. The van der Waals surface area contributed by atoms with Crippen molar-refractivity contribution < 1.29 is 0 Å². The summed E-state index contributed by atoms with van der Waals surface area (Å²) in [4.78, 5) is 0. The standard InChI is InChI=1S/C49H33N3/c1-50-44-26-22-32(33-23-27-47-43(29-33)39-17-9-11-19-46(39)51(47)36-12-4-2-5-13-36)28-42(44)41-25-21-34(30-48(41)50)35-20-24-40-38-16-8-10-18-45(38)52(49(40)31-35)37-14-6-3-7-15-37/h2-31H,1H3. The molecule has 11 aromatic rings. The Bertz CT molecular complexity index is 3180. The molecule has 0 aliphatic heterocycles. The Labute approximate surface area is 300 Å². The third kappa shape index (κ3) is 4.20. The molecule has 8 aromatic carbocycles. The van der Waals surface area contributed by atoms with Crippen LogP contribution in [-0.4, -0.2) is 13.7 Å². The second-order valence-electron chi connectivity index (χ2n) is 13.9. The van der Waals surface area contributed by atoms with Gasteiger partial charge in [0, 0.05) is 61.8 Å². The number of para-hydroxylation sites is 4. The first kappa shape index (κ1) is 28.9. The molecular weight excluding hydrogens is 631 g/mol. The van der Waals surface area contributed by atoms with Gasteiger partial charge in [0.15, 0.2) is 0 Å². The van der Waals surface area contributed by atoms with Crippen LogP contribution in [0.1, 0.15) is 0 Å². The van der Waals surface area contributed by atoms with Gasteiger partial charge >= 0.3 is 0 Å². The molecule has 3 nitrogen and oxygen atoms in total. The zero-order valence-corrected chi connectivity index (χ0v) is 28.7. The van der Waals surface area contributed by atoms with Crippen molar-refractivity contribution >= 4 is 65.4 Å². The van der Waals surface area contributed by atoms with Crippen LogP contribution in [0.5, 0.6) is 0 Å². The Morgan fingerprint density at radius 1 is 0.269 bits per heavy atom. The zero-order chi connectivity index (χ0) is 34.3. The maximum absolute atomic E-state index is 2.39. The molecule has 0 saturated heterocycles. The summed E-state index contributed by atoms with van der Waals surface area (Å²) < 4.78 is 7.11. The van der Waals surface area contributed by atoms with Gasteiger partial charge in [-0.25, -0.2) is 0 Å². The van der Waals surface area contributed by atoms with Crippen molar-refractivity contribution in [3.63, 3.8) is 0 Å². The SMILES string of the molecule is Cn1c2ccc(-c3ccc4c(c3)c3ccccc3n4-c3ccccc3)cc2c2ccc(-c3ccc4c5ccccc5n(-c5ccccc5)c4c3)cc21. The highest BCUT2D eigenvalue weighted by molar-refractivity contribution is 6.13. The maximum Gasteiger partial charge on any atom is 0.0547 e. The minimum atomic E-state index is 1.17. The van der Waals surface area contributed by atoms with Crippen molar-refractivity contribution in [1.29, 1.82) is 0 Å². The summed E-state index contributed by atoms with van der Waals surface area (Å²) in [5, 5.41) is 7.61. The van der Waals surface area contributed by atoms with Gasteiger partial charge in [-0.2, -0.15) is 0 Å². The molecule has 0 radical (unpaired) electrons. The van der Waals surface area contributed by atoms with Gasteiger partial charge in [0.2, 0.25) is 0 Å². The van der Waals surface area contributed by atoms with Crippen molar-refractivity contribution in [3.05, 3.63) is 182 Å². The second kappa shape index (κ2) is 11.1. The molecule has 0 aliphatic carbocycles. The lowest BCUT2D eigenvalue weighted by atomic mass is 9.99. The van der Waals surface area contributed by atoms with Crippen LogP contribution < -0.4 is 0 Å². The summed E-state index contributed by atoms with van der Waals surface area (Å²) in [6, 6.07) is 66.5. The Morgan fingerprint density at radius 2 is 0.654 bits per heavy atom. The van der Waals surface area contributed by atoms with E-state index in [4.69, 9.17) is 0 Å². The topological polar surface area (TPSA) is 14.8 Å². The monoisotopic (exact) mass is 663 g/mol. The minimum absolute atomic E-state index is 1.17. The molecule has 0 N–H and O–H groups in total. The number of hydrogen-bond donors (Lipinski definition) is 0. The van der Waals surface area contributed by atoms with Gasteiger partial charge in [0.05, 0.1) is 22.1 Å². The van der Waals surface area contributed by atoms with Gasteiger partial charge < -0.3 is 13.7 Å². The van der Waals surface area contributed by atoms with Gasteiger partial charge in [-0.1, -0.05) is 109 Å². The number of fused-ring (bicyclic) bond motifs is 9. The van der Waals surface area contributed by atoms with Gasteiger partial charge in [-0.15, -0.1) is 0 Å². The number of rotatable bonds is 4. The third-order valence-corrected chi connectivity index (χ3v) is 11.0. The Balaban J connectivity index is 1.04. The van der Waals surface area contributed by atoms with Crippen molar-refractivity contribution in [2.75, 3.05) is 0 Å². The molecule has 0 bridgehead atoms. The quantitative estimate of drug-likeness (QED) is 0.178. The van der Waals surface area contributed by atoms with Crippen LogP contribution in [-0.2, 0) is 7.05 Å². The summed E-state index contributed by atoms with van der Waals surface area (Å²) in [5.41, 5.74) is 14.6. The average Bonchev–Trinajstić information content (AvgIpc) is 3.82. The fraction of sp³-hybridized carbons (Fsp3) is 0.0204. The van der Waals surface area contributed by atoms with Gasteiger partial charge in [0.1, 0.15) is 0 Å². The van der Waals surface area contributed by atoms with Crippen LogP contribution in [0.2, 0.25) is 0 Å². The number of hydrogen-bond acceptors (Lipinski definition) is 0. The smallest absolute Gasteiger partial charge is 0.0547 e. The fourth-order valence-corrected chi connectivity index (χ4v) is 8.58. The Kier molecular flexibility index (Phi) is 6.17. The molecule has 0 atom stereocenters. The predicted octanol–water partition coefficient (Wildman–Crippen LogP) is 12.9.